The van der Waals surface area contributed by atoms with Crippen molar-refractivity contribution in [2.75, 3.05) is 0 Å². The lowest BCUT2D eigenvalue weighted by molar-refractivity contribution is -0.129. The Balaban J connectivity index is 1.96. The summed E-state index contributed by atoms with van der Waals surface area (Å²) in [5.41, 5.74) is 5.26. The summed E-state index contributed by atoms with van der Waals surface area (Å²) >= 11 is 0. The Kier molecular flexibility index (Phi) is 7.80. The van der Waals surface area contributed by atoms with Crippen LogP contribution in [0.15, 0.2) is 89.1 Å². The molecule has 0 heterocycles. The Labute approximate surface area is 170 Å². The van der Waals surface area contributed by atoms with E-state index in [2.05, 4.69) is 45.9 Å². The standard InChI is InChI=1S/C26H32O2/c1-20(16-17-24-22(3)13-10-18-26(24,4)5)11-9-12-21(2)19-25(27)28-23-14-7-6-8-15-23/h6-9,11-12,14-17,19H,10,13,18H2,1-5H3/b12-9+,17-16+,20-11+,21-19+. The van der Waals surface area contributed by atoms with Gasteiger partial charge in [-0.2, -0.15) is 0 Å². The van der Waals surface area contributed by atoms with Gasteiger partial charge in [-0.15, -0.1) is 0 Å². The number of hydrogen-bond donors (Lipinski definition) is 0. The normalized spacial score (nSPS) is 18.2. The lowest BCUT2D eigenvalue weighted by Gasteiger charge is -2.32. The third-order valence-corrected chi connectivity index (χ3v) is 5.08. The van der Waals surface area contributed by atoms with Crippen molar-refractivity contribution in [3.8, 4) is 5.75 Å². The lowest BCUT2D eigenvalue weighted by Crippen LogP contribution is -2.19. The molecule has 0 saturated carbocycles. The number of benzene rings is 1. The molecule has 1 aromatic rings. The highest BCUT2D eigenvalue weighted by atomic mass is 16.5. The van der Waals surface area contributed by atoms with Crippen molar-refractivity contribution >= 4 is 5.97 Å². The first kappa shape index (κ1) is 21.7. The molecule has 2 rings (SSSR count). The summed E-state index contributed by atoms with van der Waals surface area (Å²) in [6, 6.07) is 9.09. The SMILES string of the molecule is CC1=C(/C=C/C(C)=C/C=C/C(C)=C/C(=O)Oc2ccccc2)C(C)(C)CCC1. The van der Waals surface area contributed by atoms with Gasteiger partial charge < -0.3 is 4.74 Å². The molecule has 1 aromatic carbocycles. The first-order valence-corrected chi connectivity index (χ1v) is 9.96. The van der Waals surface area contributed by atoms with Gasteiger partial charge in [0.25, 0.3) is 0 Å². The van der Waals surface area contributed by atoms with Gasteiger partial charge in [0, 0.05) is 6.08 Å². The lowest BCUT2D eigenvalue weighted by atomic mass is 9.72. The number of rotatable bonds is 6. The zero-order chi connectivity index (χ0) is 20.6. The smallest absolute Gasteiger partial charge is 0.336 e. The molecule has 0 N–H and O–H groups in total. The minimum Gasteiger partial charge on any atom is -0.423 e. The van der Waals surface area contributed by atoms with Crippen molar-refractivity contribution in [1.29, 1.82) is 0 Å². The third-order valence-electron chi connectivity index (χ3n) is 5.08. The van der Waals surface area contributed by atoms with Crippen molar-refractivity contribution in [2.24, 2.45) is 5.41 Å². The van der Waals surface area contributed by atoms with Crippen molar-refractivity contribution < 1.29 is 9.53 Å². The first-order chi connectivity index (χ1) is 13.3. The van der Waals surface area contributed by atoms with E-state index < -0.39 is 0 Å². The average molecular weight is 377 g/mol. The summed E-state index contributed by atoms with van der Waals surface area (Å²) < 4.78 is 5.27. The fraction of sp³-hybridized carbons (Fsp3) is 0.346. The van der Waals surface area contributed by atoms with Gasteiger partial charge in [0.1, 0.15) is 5.75 Å². The molecule has 28 heavy (non-hydrogen) atoms. The van der Waals surface area contributed by atoms with E-state index in [9.17, 15) is 4.79 Å². The van der Waals surface area contributed by atoms with E-state index in [0.717, 1.165) is 5.57 Å². The van der Waals surface area contributed by atoms with Crippen LogP contribution >= 0.6 is 0 Å². The molecule has 0 bridgehead atoms. The van der Waals surface area contributed by atoms with Crippen LogP contribution in [0.5, 0.6) is 5.75 Å². The topological polar surface area (TPSA) is 26.3 Å². The molecular weight excluding hydrogens is 344 g/mol. The molecule has 0 atom stereocenters. The molecule has 1 aliphatic rings. The Morgan fingerprint density at radius 3 is 2.46 bits per heavy atom. The molecular formula is C26H32O2. The van der Waals surface area contributed by atoms with Crippen LogP contribution in [-0.4, -0.2) is 5.97 Å². The van der Waals surface area contributed by atoms with Crippen LogP contribution in [0.25, 0.3) is 0 Å². The maximum Gasteiger partial charge on any atom is 0.336 e. The van der Waals surface area contributed by atoms with Crippen LogP contribution in [0.3, 0.4) is 0 Å². The highest BCUT2D eigenvalue weighted by Crippen LogP contribution is 2.40. The number of ether oxygens (including phenoxy) is 1. The van der Waals surface area contributed by atoms with Crippen molar-refractivity contribution in [3.63, 3.8) is 0 Å². The molecule has 0 saturated heterocycles. The van der Waals surface area contributed by atoms with E-state index in [4.69, 9.17) is 4.74 Å². The quantitative estimate of drug-likeness (QED) is 0.228. The fourth-order valence-corrected chi connectivity index (χ4v) is 3.50. The zero-order valence-electron chi connectivity index (χ0n) is 17.8. The minimum atomic E-state index is -0.365. The second-order valence-electron chi connectivity index (χ2n) is 8.16. The van der Waals surface area contributed by atoms with Gasteiger partial charge in [-0.1, -0.05) is 73.6 Å². The number of para-hydroxylation sites is 1. The van der Waals surface area contributed by atoms with Crippen molar-refractivity contribution in [1.82, 2.24) is 0 Å². The van der Waals surface area contributed by atoms with Crippen LogP contribution < -0.4 is 4.74 Å². The van der Waals surface area contributed by atoms with Crippen LogP contribution in [0.2, 0.25) is 0 Å². The first-order valence-electron chi connectivity index (χ1n) is 9.96. The van der Waals surface area contributed by atoms with Crippen molar-refractivity contribution in [2.45, 2.75) is 53.9 Å². The molecule has 0 spiro atoms. The van der Waals surface area contributed by atoms with E-state index in [1.807, 2.05) is 37.3 Å². The predicted octanol–water partition coefficient (Wildman–Crippen LogP) is 7.12. The van der Waals surface area contributed by atoms with Crippen LogP contribution in [-0.2, 0) is 4.79 Å². The summed E-state index contributed by atoms with van der Waals surface area (Å²) in [5.74, 6) is 0.188. The summed E-state index contributed by atoms with van der Waals surface area (Å²) in [5, 5.41) is 0. The average Bonchev–Trinajstić information content (AvgIpc) is 2.61. The molecule has 148 valence electrons. The van der Waals surface area contributed by atoms with Gasteiger partial charge >= 0.3 is 5.97 Å². The van der Waals surface area contributed by atoms with E-state index in [0.29, 0.717) is 5.75 Å². The molecule has 0 aromatic heterocycles. The summed E-state index contributed by atoms with van der Waals surface area (Å²) in [6.07, 6.45) is 15.6. The number of carbonyl (C=O) groups excluding carboxylic acids is 1. The molecule has 0 unspecified atom stereocenters. The van der Waals surface area contributed by atoms with Crippen LogP contribution in [0.4, 0.5) is 0 Å². The second-order valence-corrected chi connectivity index (χ2v) is 8.16. The number of carbonyl (C=O) groups is 1. The Bertz CT molecular complexity index is 830. The van der Waals surface area contributed by atoms with Crippen LogP contribution in [0, 0.1) is 5.41 Å². The fourth-order valence-electron chi connectivity index (χ4n) is 3.50. The summed E-state index contributed by atoms with van der Waals surface area (Å²) in [6.45, 7) is 10.9. The number of hydrogen-bond acceptors (Lipinski definition) is 2. The molecule has 0 fully saturated rings. The molecule has 2 heteroatoms. The predicted molar refractivity (Wildman–Crippen MR) is 118 cm³/mol. The Morgan fingerprint density at radius 1 is 1.07 bits per heavy atom. The third kappa shape index (κ3) is 6.84. The summed E-state index contributed by atoms with van der Waals surface area (Å²) in [4.78, 5) is 11.9. The summed E-state index contributed by atoms with van der Waals surface area (Å²) in [7, 11) is 0. The molecule has 0 aliphatic heterocycles. The number of allylic oxidation sites excluding steroid dienone is 9. The highest BCUT2D eigenvalue weighted by Gasteiger charge is 2.26. The van der Waals surface area contributed by atoms with Crippen LogP contribution in [0.1, 0.15) is 53.9 Å². The Hall–Kier alpha value is -2.61. The maximum atomic E-state index is 11.9. The number of esters is 1. The van der Waals surface area contributed by atoms with E-state index in [-0.39, 0.29) is 11.4 Å². The van der Waals surface area contributed by atoms with E-state index in [1.165, 1.54) is 42.1 Å². The monoisotopic (exact) mass is 376 g/mol. The zero-order valence-corrected chi connectivity index (χ0v) is 17.8. The minimum absolute atomic E-state index is 0.257. The second kappa shape index (κ2) is 10.1. The molecule has 2 nitrogen and oxygen atoms in total. The van der Waals surface area contributed by atoms with E-state index >= 15 is 0 Å². The largest absolute Gasteiger partial charge is 0.423 e. The van der Waals surface area contributed by atoms with Gasteiger partial charge in [-0.25, -0.2) is 4.79 Å². The van der Waals surface area contributed by atoms with Gasteiger partial charge in [0.05, 0.1) is 0 Å². The molecule has 1 aliphatic carbocycles. The van der Waals surface area contributed by atoms with E-state index in [1.54, 1.807) is 12.1 Å². The molecule has 0 radical (unpaired) electrons. The van der Waals surface area contributed by atoms with Gasteiger partial charge in [-0.3, -0.25) is 0 Å². The maximum absolute atomic E-state index is 11.9. The molecule has 0 amide bonds. The Morgan fingerprint density at radius 2 is 1.79 bits per heavy atom. The van der Waals surface area contributed by atoms with Gasteiger partial charge in [-0.05, 0) is 68.7 Å². The van der Waals surface area contributed by atoms with Gasteiger partial charge in [0.2, 0.25) is 0 Å². The van der Waals surface area contributed by atoms with Gasteiger partial charge in [0.15, 0.2) is 0 Å². The van der Waals surface area contributed by atoms with Crippen molar-refractivity contribution in [3.05, 3.63) is 89.1 Å². The highest BCUT2D eigenvalue weighted by molar-refractivity contribution is 5.85.